The summed E-state index contributed by atoms with van der Waals surface area (Å²) in [4.78, 5) is 0.339. The molecule has 4 atom stereocenters. The highest BCUT2D eigenvalue weighted by molar-refractivity contribution is 7.89. The van der Waals surface area contributed by atoms with Crippen molar-refractivity contribution in [2.45, 2.75) is 36.2 Å². The van der Waals surface area contributed by atoms with Crippen LogP contribution in [0.2, 0.25) is 5.02 Å². The number of hydrogen-bond donors (Lipinski definition) is 1. The van der Waals surface area contributed by atoms with Crippen molar-refractivity contribution in [1.82, 2.24) is 4.31 Å². The molecule has 0 radical (unpaired) electrons. The molecule has 0 amide bonds. The standard InChI is InChI=1S/C31H29ClN2O2S/c1-21-12-15-25(16-13-21)37(35,36)34-20-27-30(23-10-6-3-7-11-23)26-19-24(32)14-17-28(26)33-31(27)29(34)18-22-8-4-2-5-9-22/h2-17,19,27,29-31,33H,18,20H2,1H3/t27-,29+,30-,31-/m1/s1. The Kier molecular flexibility index (Phi) is 6.31. The van der Waals surface area contributed by atoms with E-state index in [1.165, 1.54) is 5.56 Å². The lowest BCUT2D eigenvalue weighted by atomic mass is 9.73. The van der Waals surface area contributed by atoms with Gasteiger partial charge in [-0.1, -0.05) is 90.0 Å². The fourth-order valence-corrected chi connectivity index (χ4v) is 7.93. The van der Waals surface area contributed by atoms with Crippen molar-refractivity contribution in [3.05, 3.63) is 130 Å². The van der Waals surface area contributed by atoms with E-state index in [0.29, 0.717) is 22.9 Å². The zero-order valence-electron chi connectivity index (χ0n) is 20.6. The molecule has 2 heterocycles. The number of aryl methyl sites for hydroxylation is 1. The molecule has 6 rings (SSSR count). The Hall–Kier alpha value is -3.12. The van der Waals surface area contributed by atoms with Gasteiger partial charge in [0.1, 0.15) is 0 Å². The molecule has 0 bridgehead atoms. The normalized spacial score (nSPS) is 23.2. The topological polar surface area (TPSA) is 49.4 Å². The number of nitrogens with zero attached hydrogens (tertiary/aromatic N) is 1. The number of anilines is 1. The summed E-state index contributed by atoms with van der Waals surface area (Å²) in [5, 5.41) is 4.44. The average Bonchev–Trinajstić information content (AvgIpc) is 3.27. The van der Waals surface area contributed by atoms with E-state index in [0.717, 1.165) is 22.4 Å². The van der Waals surface area contributed by atoms with Gasteiger partial charge >= 0.3 is 0 Å². The maximum absolute atomic E-state index is 14.1. The highest BCUT2D eigenvalue weighted by atomic mass is 35.5. The summed E-state index contributed by atoms with van der Waals surface area (Å²) in [7, 11) is -3.72. The van der Waals surface area contributed by atoms with Crippen molar-refractivity contribution < 1.29 is 8.42 Å². The van der Waals surface area contributed by atoms with Crippen LogP contribution >= 0.6 is 11.6 Å². The first-order chi connectivity index (χ1) is 17.9. The van der Waals surface area contributed by atoms with Crippen LogP contribution < -0.4 is 5.32 Å². The monoisotopic (exact) mass is 528 g/mol. The Bertz CT molecular complexity index is 1510. The average molecular weight is 529 g/mol. The van der Waals surface area contributed by atoms with Crippen molar-refractivity contribution in [1.29, 1.82) is 0 Å². The Morgan fingerprint density at radius 2 is 1.57 bits per heavy atom. The van der Waals surface area contributed by atoms with Crippen LogP contribution in [0.1, 0.15) is 28.2 Å². The molecule has 2 aliphatic heterocycles. The van der Waals surface area contributed by atoms with Gasteiger partial charge in [-0.15, -0.1) is 0 Å². The molecule has 1 N–H and O–H groups in total. The van der Waals surface area contributed by atoms with E-state index in [-0.39, 0.29) is 23.9 Å². The molecule has 4 aromatic carbocycles. The predicted molar refractivity (Wildman–Crippen MR) is 150 cm³/mol. The van der Waals surface area contributed by atoms with Gasteiger partial charge in [-0.3, -0.25) is 0 Å². The molecule has 37 heavy (non-hydrogen) atoms. The number of benzene rings is 4. The minimum absolute atomic E-state index is 0.0256. The quantitative estimate of drug-likeness (QED) is 0.321. The highest BCUT2D eigenvalue weighted by Gasteiger charge is 2.52. The SMILES string of the molecule is Cc1ccc(S(=O)(=O)N2C[C@@H]3[C@H](c4ccccc4)c4cc(Cl)ccc4N[C@H]3[C@@H]2Cc2ccccc2)cc1. The summed E-state index contributed by atoms with van der Waals surface area (Å²) < 4.78 is 30.0. The number of hydrogen-bond acceptors (Lipinski definition) is 3. The Balaban J connectivity index is 1.49. The van der Waals surface area contributed by atoms with Crippen molar-refractivity contribution >= 4 is 27.3 Å². The lowest BCUT2D eigenvalue weighted by molar-refractivity contribution is 0.375. The molecule has 1 saturated heterocycles. The van der Waals surface area contributed by atoms with Gasteiger partial charge in [0, 0.05) is 41.2 Å². The second-order valence-electron chi connectivity index (χ2n) is 10.1. The zero-order chi connectivity index (χ0) is 25.6. The molecule has 4 aromatic rings. The Morgan fingerprint density at radius 3 is 2.27 bits per heavy atom. The van der Waals surface area contributed by atoms with Gasteiger partial charge in [0.2, 0.25) is 10.0 Å². The first-order valence-corrected chi connectivity index (χ1v) is 14.5. The van der Waals surface area contributed by atoms with Crippen LogP contribution in [0.5, 0.6) is 0 Å². The number of nitrogens with one attached hydrogen (secondary N) is 1. The van der Waals surface area contributed by atoms with Gasteiger partial charge in [-0.25, -0.2) is 8.42 Å². The van der Waals surface area contributed by atoms with Crippen molar-refractivity contribution in [2.75, 3.05) is 11.9 Å². The van der Waals surface area contributed by atoms with E-state index < -0.39 is 10.0 Å². The summed E-state index contributed by atoms with van der Waals surface area (Å²) in [6, 6.07) is 33.4. The second kappa shape index (κ2) is 9.64. The second-order valence-corrected chi connectivity index (χ2v) is 12.4. The van der Waals surface area contributed by atoms with Gasteiger partial charge < -0.3 is 5.32 Å². The summed E-state index contributed by atoms with van der Waals surface area (Å²) >= 11 is 6.47. The van der Waals surface area contributed by atoms with Crippen LogP contribution in [0.15, 0.2) is 108 Å². The molecule has 0 saturated carbocycles. The van der Waals surface area contributed by atoms with Crippen LogP contribution in [0.3, 0.4) is 0 Å². The summed E-state index contributed by atoms with van der Waals surface area (Å²) in [6.07, 6.45) is 0.629. The molecule has 0 spiro atoms. The molecule has 0 unspecified atom stereocenters. The summed E-state index contributed by atoms with van der Waals surface area (Å²) in [6.45, 7) is 2.40. The van der Waals surface area contributed by atoms with Crippen molar-refractivity contribution in [2.24, 2.45) is 5.92 Å². The largest absolute Gasteiger partial charge is 0.380 e. The minimum atomic E-state index is -3.72. The van der Waals surface area contributed by atoms with Crippen LogP contribution in [-0.4, -0.2) is 31.4 Å². The molecular formula is C31H29ClN2O2S. The smallest absolute Gasteiger partial charge is 0.243 e. The number of fused-ring (bicyclic) bond motifs is 2. The maximum atomic E-state index is 14.1. The summed E-state index contributed by atoms with van der Waals surface area (Å²) in [5.41, 5.74) is 5.47. The van der Waals surface area contributed by atoms with Crippen LogP contribution in [0, 0.1) is 12.8 Å². The van der Waals surface area contributed by atoms with Gasteiger partial charge in [0.25, 0.3) is 0 Å². The van der Waals surface area contributed by atoms with E-state index >= 15 is 0 Å². The molecule has 4 nitrogen and oxygen atoms in total. The van der Waals surface area contributed by atoms with Crippen molar-refractivity contribution in [3.63, 3.8) is 0 Å². The third kappa shape index (κ3) is 4.46. The number of sulfonamides is 1. The third-order valence-electron chi connectivity index (χ3n) is 7.81. The Morgan fingerprint density at radius 1 is 0.892 bits per heavy atom. The molecule has 6 heteroatoms. The van der Waals surface area contributed by atoms with E-state index in [1.54, 1.807) is 16.4 Å². The van der Waals surface area contributed by atoms with Gasteiger partial charge in [0.05, 0.1) is 4.90 Å². The van der Waals surface area contributed by atoms with Crippen LogP contribution in [0.25, 0.3) is 0 Å². The molecular weight excluding hydrogens is 500 g/mol. The molecule has 2 aliphatic rings. The fourth-order valence-electron chi connectivity index (χ4n) is 6.06. The summed E-state index contributed by atoms with van der Waals surface area (Å²) in [5.74, 6) is 0.0694. The van der Waals surface area contributed by atoms with Crippen LogP contribution in [-0.2, 0) is 16.4 Å². The fraction of sp³-hybridized carbons (Fsp3) is 0.226. The molecule has 188 valence electrons. The van der Waals surface area contributed by atoms with Gasteiger partial charge in [-0.2, -0.15) is 4.31 Å². The molecule has 0 aromatic heterocycles. The number of halogens is 1. The van der Waals surface area contributed by atoms with Crippen molar-refractivity contribution in [3.8, 4) is 0 Å². The lowest BCUT2D eigenvalue weighted by Gasteiger charge is -2.39. The lowest BCUT2D eigenvalue weighted by Crippen LogP contribution is -2.46. The molecule has 1 fully saturated rings. The zero-order valence-corrected chi connectivity index (χ0v) is 22.2. The predicted octanol–water partition coefficient (Wildman–Crippen LogP) is 6.51. The first kappa shape index (κ1) is 24.2. The van der Waals surface area contributed by atoms with E-state index in [4.69, 9.17) is 11.6 Å². The number of rotatable bonds is 5. The van der Waals surface area contributed by atoms with Gasteiger partial charge in [0.15, 0.2) is 0 Å². The highest BCUT2D eigenvalue weighted by Crippen LogP contribution is 2.49. The van der Waals surface area contributed by atoms with E-state index in [2.05, 4.69) is 29.6 Å². The van der Waals surface area contributed by atoms with Crippen LogP contribution in [0.4, 0.5) is 5.69 Å². The third-order valence-corrected chi connectivity index (χ3v) is 9.95. The Labute approximate surface area is 224 Å². The van der Waals surface area contributed by atoms with E-state index in [9.17, 15) is 8.42 Å². The van der Waals surface area contributed by atoms with E-state index in [1.807, 2.05) is 73.7 Å². The first-order valence-electron chi connectivity index (χ1n) is 12.7. The molecule has 0 aliphatic carbocycles. The van der Waals surface area contributed by atoms with Gasteiger partial charge in [-0.05, 0) is 60.4 Å². The maximum Gasteiger partial charge on any atom is 0.243 e. The minimum Gasteiger partial charge on any atom is -0.380 e.